The van der Waals surface area contributed by atoms with Crippen LogP contribution < -0.4 is 11.1 Å². The topological polar surface area (TPSA) is 91.0 Å². The van der Waals surface area contributed by atoms with E-state index in [1.807, 2.05) is 0 Å². The quantitative estimate of drug-likeness (QED) is 0.261. The molecule has 1 aliphatic heterocycles. The maximum Gasteiger partial charge on any atom is 0.227 e. The Balaban J connectivity index is 2.20. The van der Waals surface area contributed by atoms with E-state index >= 15 is 0 Å². The molecule has 0 aromatic rings. The zero-order chi connectivity index (χ0) is 12.0. The second kappa shape index (κ2) is 6.32. The molecule has 1 fully saturated rings. The Morgan fingerprint density at radius 1 is 1.56 bits per heavy atom. The van der Waals surface area contributed by atoms with Crippen molar-refractivity contribution in [2.24, 2.45) is 10.9 Å². The summed E-state index contributed by atoms with van der Waals surface area (Å²) in [5.41, 5.74) is 5.23. The number of carbonyl (C=O) groups excluding carboxylic acids is 1. The average Bonchev–Trinajstić information content (AvgIpc) is 2.79. The summed E-state index contributed by atoms with van der Waals surface area (Å²) < 4.78 is 0. The highest BCUT2D eigenvalue weighted by Crippen LogP contribution is 2.10. The fourth-order valence-corrected chi connectivity index (χ4v) is 1.84. The van der Waals surface area contributed by atoms with Crippen molar-refractivity contribution in [3.63, 3.8) is 0 Å². The van der Waals surface area contributed by atoms with Gasteiger partial charge in [-0.1, -0.05) is 5.16 Å². The smallest absolute Gasteiger partial charge is 0.227 e. The standard InChI is InChI=1S/C10H20N4O2/c1-8(14-4-2-3-5-14)7-12-10(15)6-9(11)13-16/h8,16H,2-7H2,1H3,(H2,11,13)(H,12,15). The molecule has 0 radical (unpaired) electrons. The maximum atomic E-state index is 11.3. The first-order valence-electron chi connectivity index (χ1n) is 5.60. The van der Waals surface area contributed by atoms with Crippen LogP contribution >= 0.6 is 0 Å². The summed E-state index contributed by atoms with van der Waals surface area (Å²) in [5, 5.41) is 13.8. The molecule has 92 valence electrons. The predicted molar refractivity (Wildman–Crippen MR) is 61.3 cm³/mol. The fourth-order valence-electron chi connectivity index (χ4n) is 1.84. The molecular formula is C10H20N4O2. The number of carbonyl (C=O) groups is 1. The molecule has 0 aromatic carbocycles. The predicted octanol–water partition coefficient (Wildman–Crippen LogP) is -0.277. The molecule has 1 rings (SSSR count). The second-order valence-corrected chi connectivity index (χ2v) is 4.16. The Kier molecular flexibility index (Phi) is 5.04. The first-order chi connectivity index (χ1) is 7.63. The van der Waals surface area contributed by atoms with E-state index in [0.717, 1.165) is 13.1 Å². The molecule has 1 unspecified atom stereocenters. The molecule has 0 spiro atoms. The SMILES string of the molecule is CC(CNC(=O)CC(N)=NO)N1CCCC1. The number of hydrogen-bond donors (Lipinski definition) is 3. The highest BCUT2D eigenvalue weighted by Gasteiger charge is 2.18. The van der Waals surface area contributed by atoms with Crippen LogP contribution in [0.1, 0.15) is 26.2 Å². The number of hydrogen-bond acceptors (Lipinski definition) is 4. The van der Waals surface area contributed by atoms with Crippen molar-refractivity contribution in [2.45, 2.75) is 32.2 Å². The van der Waals surface area contributed by atoms with Crippen LogP contribution in [-0.2, 0) is 4.79 Å². The van der Waals surface area contributed by atoms with Crippen LogP contribution in [0.4, 0.5) is 0 Å². The molecule has 1 aliphatic rings. The molecule has 4 N–H and O–H groups in total. The van der Waals surface area contributed by atoms with Gasteiger partial charge in [-0.25, -0.2) is 0 Å². The molecule has 1 atom stereocenters. The number of likely N-dealkylation sites (tertiary alicyclic amines) is 1. The second-order valence-electron chi connectivity index (χ2n) is 4.16. The summed E-state index contributed by atoms with van der Waals surface area (Å²) in [6.07, 6.45) is 2.42. The van der Waals surface area contributed by atoms with Crippen molar-refractivity contribution in [1.29, 1.82) is 0 Å². The molecule has 0 aliphatic carbocycles. The van der Waals surface area contributed by atoms with Gasteiger partial charge in [0, 0.05) is 12.6 Å². The third kappa shape index (κ3) is 4.06. The van der Waals surface area contributed by atoms with Gasteiger partial charge in [-0.05, 0) is 32.9 Å². The third-order valence-electron chi connectivity index (χ3n) is 2.83. The van der Waals surface area contributed by atoms with Gasteiger partial charge in [-0.2, -0.15) is 0 Å². The monoisotopic (exact) mass is 228 g/mol. The lowest BCUT2D eigenvalue weighted by Gasteiger charge is -2.23. The highest BCUT2D eigenvalue weighted by atomic mass is 16.4. The number of amidine groups is 1. The zero-order valence-corrected chi connectivity index (χ0v) is 9.65. The Bertz CT molecular complexity index is 262. The van der Waals surface area contributed by atoms with Gasteiger partial charge in [-0.15, -0.1) is 0 Å². The van der Waals surface area contributed by atoms with Crippen molar-refractivity contribution >= 4 is 11.7 Å². The largest absolute Gasteiger partial charge is 0.409 e. The number of nitrogens with one attached hydrogen (secondary N) is 1. The van der Waals surface area contributed by atoms with Crippen molar-refractivity contribution in [1.82, 2.24) is 10.2 Å². The van der Waals surface area contributed by atoms with Gasteiger partial charge in [0.05, 0.1) is 6.42 Å². The van der Waals surface area contributed by atoms with Gasteiger partial charge in [0.2, 0.25) is 5.91 Å². The van der Waals surface area contributed by atoms with Crippen LogP contribution in [0.15, 0.2) is 5.16 Å². The summed E-state index contributed by atoms with van der Waals surface area (Å²) in [5.74, 6) is -0.271. The molecule has 16 heavy (non-hydrogen) atoms. The molecule has 1 saturated heterocycles. The number of nitrogens with two attached hydrogens (primary N) is 1. The van der Waals surface area contributed by atoms with Crippen molar-refractivity contribution < 1.29 is 10.0 Å². The van der Waals surface area contributed by atoms with Gasteiger partial charge in [-0.3, -0.25) is 9.69 Å². The third-order valence-corrected chi connectivity index (χ3v) is 2.83. The van der Waals surface area contributed by atoms with Gasteiger partial charge < -0.3 is 16.3 Å². The summed E-state index contributed by atoms with van der Waals surface area (Å²) in [4.78, 5) is 13.7. The van der Waals surface area contributed by atoms with E-state index in [2.05, 4.69) is 22.3 Å². The number of rotatable bonds is 5. The first-order valence-corrected chi connectivity index (χ1v) is 5.60. The fraction of sp³-hybridized carbons (Fsp3) is 0.800. The normalized spacial score (nSPS) is 19.7. The molecular weight excluding hydrogens is 208 g/mol. The number of oxime groups is 1. The summed E-state index contributed by atoms with van der Waals surface area (Å²) in [7, 11) is 0. The van der Waals surface area contributed by atoms with Crippen LogP contribution in [0.25, 0.3) is 0 Å². The minimum absolute atomic E-state index is 0.0524. The van der Waals surface area contributed by atoms with Crippen molar-refractivity contribution in [3.05, 3.63) is 0 Å². The van der Waals surface area contributed by atoms with Crippen LogP contribution in [0.2, 0.25) is 0 Å². The van der Waals surface area contributed by atoms with Crippen molar-refractivity contribution in [2.75, 3.05) is 19.6 Å². The minimum atomic E-state index is -0.207. The van der Waals surface area contributed by atoms with E-state index in [1.54, 1.807) is 0 Å². The van der Waals surface area contributed by atoms with E-state index in [1.165, 1.54) is 12.8 Å². The Labute approximate surface area is 95.5 Å². The van der Waals surface area contributed by atoms with Crippen LogP contribution in [-0.4, -0.2) is 47.5 Å². The average molecular weight is 228 g/mol. The molecule has 1 amide bonds. The lowest BCUT2D eigenvalue weighted by atomic mass is 10.3. The first kappa shape index (κ1) is 12.8. The molecule has 0 saturated carbocycles. The lowest BCUT2D eigenvalue weighted by Crippen LogP contribution is -2.41. The van der Waals surface area contributed by atoms with Gasteiger partial charge >= 0.3 is 0 Å². The van der Waals surface area contributed by atoms with Gasteiger partial charge in [0.15, 0.2) is 0 Å². The van der Waals surface area contributed by atoms with Crippen LogP contribution in [0.3, 0.4) is 0 Å². The molecule has 6 nitrogen and oxygen atoms in total. The van der Waals surface area contributed by atoms with Crippen molar-refractivity contribution in [3.8, 4) is 0 Å². The minimum Gasteiger partial charge on any atom is -0.409 e. The van der Waals surface area contributed by atoms with E-state index < -0.39 is 0 Å². The van der Waals surface area contributed by atoms with E-state index in [-0.39, 0.29) is 18.2 Å². The molecule has 0 aromatic heterocycles. The van der Waals surface area contributed by atoms with E-state index in [4.69, 9.17) is 10.9 Å². The molecule has 0 bridgehead atoms. The highest BCUT2D eigenvalue weighted by molar-refractivity contribution is 5.98. The Morgan fingerprint density at radius 2 is 2.19 bits per heavy atom. The summed E-state index contributed by atoms with van der Waals surface area (Å²) in [6.45, 7) is 4.92. The van der Waals surface area contributed by atoms with Gasteiger partial charge in [0.1, 0.15) is 5.84 Å². The van der Waals surface area contributed by atoms with E-state index in [9.17, 15) is 4.79 Å². The Morgan fingerprint density at radius 3 is 2.75 bits per heavy atom. The Hall–Kier alpha value is -1.30. The van der Waals surface area contributed by atoms with E-state index in [0.29, 0.717) is 12.6 Å². The summed E-state index contributed by atoms with van der Waals surface area (Å²) in [6, 6.07) is 0.346. The molecule has 6 heteroatoms. The van der Waals surface area contributed by atoms with Crippen LogP contribution in [0.5, 0.6) is 0 Å². The zero-order valence-electron chi connectivity index (χ0n) is 9.65. The number of amides is 1. The van der Waals surface area contributed by atoms with Gasteiger partial charge in [0.25, 0.3) is 0 Å². The molecule has 1 heterocycles. The lowest BCUT2D eigenvalue weighted by molar-refractivity contribution is -0.120. The number of nitrogens with zero attached hydrogens (tertiary/aromatic N) is 2. The maximum absolute atomic E-state index is 11.3. The van der Waals surface area contributed by atoms with Crippen LogP contribution in [0, 0.1) is 0 Å². The summed E-state index contributed by atoms with van der Waals surface area (Å²) >= 11 is 0.